The van der Waals surface area contributed by atoms with E-state index in [0.717, 1.165) is 5.52 Å². The number of halogens is 4. The maximum atomic E-state index is 11.5. The lowest BCUT2D eigenvalue weighted by Gasteiger charge is -2.21. The van der Waals surface area contributed by atoms with E-state index < -0.39 is 4.92 Å². The monoisotopic (exact) mass is 670 g/mol. The van der Waals surface area contributed by atoms with Crippen LogP contribution in [0.2, 0.25) is 20.6 Å². The number of rotatable bonds is 5. The maximum Gasteiger partial charge on any atom is 0.320 e. The number of nitrogens with two attached hydrogens (primary N) is 1. The number of aromatic nitrogens is 8. The second-order valence-electron chi connectivity index (χ2n) is 8.78. The molecule has 2 N–H and O–H groups in total. The van der Waals surface area contributed by atoms with E-state index in [2.05, 4.69) is 39.9 Å². The summed E-state index contributed by atoms with van der Waals surface area (Å²) in [4.78, 5) is 46.6. The minimum atomic E-state index is -0.514. The summed E-state index contributed by atoms with van der Waals surface area (Å²) in [6.45, 7) is 0. The van der Waals surface area contributed by atoms with Gasteiger partial charge in [-0.15, -0.1) is 0 Å². The van der Waals surface area contributed by atoms with E-state index in [0.29, 0.717) is 33.2 Å². The van der Waals surface area contributed by atoms with Gasteiger partial charge in [0.2, 0.25) is 10.6 Å². The fourth-order valence-corrected chi connectivity index (χ4v) is 4.87. The van der Waals surface area contributed by atoms with Gasteiger partial charge in [0.1, 0.15) is 21.2 Å². The first-order valence-electron chi connectivity index (χ1n) is 12.3. The Labute approximate surface area is 268 Å². The predicted molar refractivity (Wildman–Crippen MR) is 170 cm³/mol. The van der Waals surface area contributed by atoms with Crippen molar-refractivity contribution < 1.29 is 4.92 Å². The van der Waals surface area contributed by atoms with Gasteiger partial charge in [0.15, 0.2) is 17.2 Å². The summed E-state index contributed by atoms with van der Waals surface area (Å²) in [5, 5.41) is 12.2. The Morgan fingerprint density at radius 1 is 0.682 bits per heavy atom. The van der Waals surface area contributed by atoms with E-state index in [-0.39, 0.29) is 38.3 Å². The van der Waals surface area contributed by atoms with Gasteiger partial charge in [0, 0.05) is 38.9 Å². The van der Waals surface area contributed by atoms with E-state index in [9.17, 15) is 10.1 Å². The highest BCUT2D eigenvalue weighted by Gasteiger charge is 2.25. The molecule has 0 aliphatic rings. The molecule has 0 atom stereocenters. The van der Waals surface area contributed by atoms with E-state index in [1.54, 1.807) is 43.5 Å². The molecule has 0 radical (unpaired) electrons. The summed E-state index contributed by atoms with van der Waals surface area (Å²) >= 11 is 23.8. The second-order valence-corrected chi connectivity index (χ2v) is 10.3. The Balaban J connectivity index is 0.000000175. The quantitative estimate of drug-likeness (QED) is 0.0911. The molecular weight excluding hydrogens is 654 g/mol. The number of fused-ring (bicyclic) bond motifs is 2. The Morgan fingerprint density at radius 2 is 1.14 bits per heavy atom. The summed E-state index contributed by atoms with van der Waals surface area (Å²) in [6, 6.07) is 6.86. The number of nitrogens with zero attached hydrogens (tertiary/aromatic N) is 11. The van der Waals surface area contributed by atoms with E-state index in [1.165, 1.54) is 29.7 Å². The van der Waals surface area contributed by atoms with Gasteiger partial charge in [-0.05, 0) is 47.5 Å². The van der Waals surface area contributed by atoms with Gasteiger partial charge in [-0.25, -0.2) is 15.0 Å². The molecule has 0 fully saturated rings. The maximum absolute atomic E-state index is 11.5. The van der Waals surface area contributed by atoms with Crippen molar-refractivity contribution in [2.75, 3.05) is 29.6 Å². The van der Waals surface area contributed by atoms with Crippen LogP contribution in [0.15, 0.2) is 61.4 Å². The van der Waals surface area contributed by atoms with Crippen molar-refractivity contribution in [3.8, 4) is 0 Å². The molecule has 0 amide bonds. The Kier molecular flexibility index (Phi) is 8.96. The Morgan fingerprint density at radius 3 is 1.68 bits per heavy atom. The smallest absolute Gasteiger partial charge is 0.320 e. The fraction of sp³-hybridized carbons (Fsp3) is 0.0769. The molecule has 0 spiro atoms. The average Bonchev–Trinajstić information content (AvgIpc) is 3.02. The lowest BCUT2D eigenvalue weighted by atomic mass is 10.2. The minimum Gasteiger partial charge on any atom is -0.395 e. The van der Waals surface area contributed by atoms with Crippen LogP contribution in [0.1, 0.15) is 0 Å². The summed E-state index contributed by atoms with van der Waals surface area (Å²) < 4.78 is 0. The molecule has 18 heteroatoms. The molecule has 6 rings (SSSR count). The summed E-state index contributed by atoms with van der Waals surface area (Å²) in [5.41, 5.74) is 9.40. The zero-order chi connectivity index (χ0) is 31.5. The number of anilines is 5. The molecule has 0 aliphatic heterocycles. The van der Waals surface area contributed by atoms with Crippen LogP contribution in [0, 0.1) is 10.1 Å². The van der Waals surface area contributed by atoms with Gasteiger partial charge in [0.25, 0.3) is 0 Å². The summed E-state index contributed by atoms with van der Waals surface area (Å²) in [6.07, 6.45) is 8.85. The summed E-state index contributed by atoms with van der Waals surface area (Å²) in [7, 11) is 3.38. The molecule has 0 aliphatic carbocycles. The fourth-order valence-electron chi connectivity index (χ4n) is 4.17. The van der Waals surface area contributed by atoms with Crippen molar-refractivity contribution in [1.29, 1.82) is 0 Å². The third-order valence-corrected chi connectivity index (χ3v) is 7.08. The van der Waals surface area contributed by atoms with Crippen molar-refractivity contribution in [3.63, 3.8) is 0 Å². The third-order valence-electron chi connectivity index (χ3n) is 6.18. The number of hydrogen-bond acceptors (Lipinski definition) is 13. The molecule has 222 valence electrons. The first-order chi connectivity index (χ1) is 21.1. The lowest BCUT2D eigenvalue weighted by Crippen LogP contribution is -2.14. The molecule has 4 heterocycles. The predicted octanol–water partition coefficient (Wildman–Crippen LogP) is 6.48. The lowest BCUT2D eigenvalue weighted by molar-refractivity contribution is -0.382. The van der Waals surface area contributed by atoms with Crippen molar-refractivity contribution in [3.05, 3.63) is 92.2 Å². The molecule has 0 unspecified atom stereocenters. The highest BCUT2D eigenvalue weighted by Crippen LogP contribution is 2.38. The van der Waals surface area contributed by atoms with Crippen LogP contribution in [-0.4, -0.2) is 58.9 Å². The van der Waals surface area contributed by atoms with Crippen LogP contribution >= 0.6 is 46.4 Å². The van der Waals surface area contributed by atoms with Crippen LogP contribution in [0.3, 0.4) is 0 Å². The van der Waals surface area contributed by atoms with Crippen LogP contribution in [0.5, 0.6) is 0 Å². The molecule has 4 aromatic heterocycles. The minimum absolute atomic E-state index is 0.0144. The molecule has 14 nitrogen and oxygen atoms in total. The van der Waals surface area contributed by atoms with Gasteiger partial charge >= 0.3 is 5.69 Å². The summed E-state index contributed by atoms with van der Waals surface area (Å²) in [5.74, 6) is 0.713. The van der Waals surface area contributed by atoms with Gasteiger partial charge < -0.3 is 15.5 Å². The zero-order valence-corrected chi connectivity index (χ0v) is 25.6. The van der Waals surface area contributed by atoms with Crippen molar-refractivity contribution in [1.82, 2.24) is 39.9 Å². The van der Waals surface area contributed by atoms with Crippen LogP contribution in [0.25, 0.3) is 22.1 Å². The highest BCUT2D eigenvalue weighted by molar-refractivity contribution is 6.34. The zero-order valence-electron chi connectivity index (χ0n) is 22.6. The van der Waals surface area contributed by atoms with Gasteiger partial charge in [-0.3, -0.25) is 25.1 Å². The largest absolute Gasteiger partial charge is 0.395 e. The third kappa shape index (κ3) is 6.14. The van der Waals surface area contributed by atoms with Gasteiger partial charge in [0.05, 0.1) is 39.7 Å². The van der Waals surface area contributed by atoms with Crippen molar-refractivity contribution in [2.24, 2.45) is 0 Å². The molecule has 0 saturated heterocycles. The first kappa shape index (κ1) is 30.7. The average molecular weight is 672 g/mol. The molecular formula is C26H18Cl4N12O2. The molecule has 44 heavy (non-hydrogen) atoms. The van der Waals surface area contributed by atoms with E-state index in [4.69, 9.17) is 52.1 Å². The number of nitrogen functional groups attached to an aromatic ring is 1. The Bertz CT molecular complexity index is 2030. The van der Waals surface area contributed by atoms with Crippen molar-refractivity contribution >= 4 is 103 Å². The van der Waals surface area contributed by atoms with Gasteiger partial charge in [-0.2, -0.15) is 9.97 Å². The molecule has 0 saturated carbocycles. The number of nitro benzene ring substituents is 1. The van der Waals surface area contributed by atoms with Gasteiger partial charge in [-0.1, -0.05) is 23.2 Å². The molecule has 0 bridgehead atoms. The van der Waals surface area contributed by atoms with Crippen LogP contribution < -0.4 is 15.5 Å². The molecule has 6 aromatic rings. The second kappa shape index (κ2) is 12.9. The van der Waals surface area contributed by atoms with Crippen LogP contribution in [-0.2, 0) is 0 Å². The topological polar surface area (TPSA) is 179 Å². The normalized spacial score (nSPS) is 10.8. The number of nitro groups is 1. The highest BCUT2D eigenvalue weighted by atomic mass is 35.5. The molecule has 2 aromatic carbocycles. The van der Waals surface area contributed by atoms with E-state index >= 15 is 0 Å². The standard InChI is InChI=1S/C13H8Cl2N6O2.C13H10Cl2N6/c1-20(12-7(14)6-18-13(15)19-12)9-3-2-8-10(11(9)21(22)23)17-5-4-16-8;1-21(12-7(14)6-19-13(15)20-12)9-3-2-8-11(10(9)16)18-5-4-17-8/h2-6H,1H3;2-6H,16H2,1H3. The first-order valence-corrected chi connectivity index (χ1v) is 13.8. The number of hydrogen-bond donors (Lipinski definition) is 1. The Hall–Kier alpha value is -4.76. The SMILES string of the molecule is CN(c1ccc2nccnc2c1N)c1nc(Cl)ncc1Cl.CN(c1ccc2nccnc2c1[N+](=O)[O-])c1nc(Cl)ncc1Cl. The van der Waals surface area contributed by atoms with Crippen LogP contribution in [0.4, 0.5) is 34.4 Å². The van der Waals surface area contributed by atoms with E-state index in [1.807, 2.05) is 12.1 Å². The number of benzene rings is 2. The van der Waals surface area contributed by atoms with Crippen molar-refractivity contribution in [2.45, 2.75) is 0 Å².